The number of carbonyl (C=O) groups is 2. The highest BCUT2D eigenvalue weighted by Crippen LogP contribution is 2.28. The van der Waals surface area contributed by atoms with Gasteiger partial charge in [0.2, 0.25) is 0 Å². The molecule has 2 aliphatic heterocycles. The number of carboxylic acid groups (broad SMARTS) is 1. The number of hydrogen-bond acceptors (Lipinski definition) is 3. The number of carbonyl (C=O) groups excluding carboxylic acids is 1. The number of nitrogens with zero attached hydrogens (tertiary/aromatic N) is 2. The standard InChI is InChI=1S/C14H24N2O3S/c1-3-11-4-5-16(12(8-11)13(17)18)14(19)15-6-7-20-9-10(15)2/h10-12H,3-9H2,1-2H3,(H,17,18). The molecule has 0 radical (unpaired) electrons. The average Bonchev–Trinajstić information content (AvgIpc) is 2.46. The topological polar surface area (TPSA) is 60.9 Å². The number of rotatable bonds is 2. The van der Waals surface area contributed by atoms with E-state index in [1.54, 1.807) is 4.90 Å². The lowest BCUT2D eigenvalue weighted by Gasteiger charge is -2.42. The van der Waals surface area contributed by atoms with Crippen molar-refractivity contribution < 1.29 is 14.7 Å². The summed E-state index contributed by atoms with van der Waals surface area (Å²) in [5, 5.41) is 9.42. The Labute approximate surface area is 124 Å². The second kappa shape index (κ2) is 6.70. The molecule has 20 heavy (non-hydrogen) atoms. The second-order valence-electron chi connectivity index (χ2n) is 5.75. The number of hydrogen-bond donors (Lipinski definition) is 1. The molecule has 6 heteroatoms. The number of aliphatic carboxylic acids is 1. The molecular formula is C14H24N2O3S. The third-order valence-corrected chi connectivity index (χ3v) is 5.62. The quantitative estimate of drug-likeness (QED) is 0.848. The maximum atomic E-state index is 12.7. The second-order valence-corrected chi connectivity index (χ2v) is 6.90. The third-order valence-electron chi connectivity index (χ3n) is 4.43. The first-order valence-corrected chi connectivity index (χ1v) is 8.57. The van der Waals surface area contributed by atoms with Crippen LogP contribution in [0.4, 0.5) is 4.79 Å². The van der Waals surface area contributed by atoms with E-state index in [1.807, 2.05) is 23.6 Å². The van der Waals surface area contributed by atoms with Gasteiger partial charge in [-0.15, -0.1) is 0 Å². The van der Waals surface area contributed by atoms with Crippen molar-refractivity contribution in [1.29, 1.82) is 0 Å². The Morgan fingerprint density at radius 3 is 2.65 bits per heavy atom. The molecule has 2 aliphatic rings. The summed E-state index contributed by atoms with van der Waals surface area (Å²) in [5.74, 6) is 1.44. The molecule has 2 saturated heterocycles. The van der Waals surface area contributed by atoms with Gasteiger partial charge in [0.05, 0.1) is 0 Å². The van der Waals surface area contributed by atoms with Crippen LogP contribution in [0.1, 0.15) is 33.1 Å². The van der Waals surface area contributed by atoms with Gasteiger partial charge < -0.3 is 14.9 Å². The fourth-order valence-corrected chi connectivity index (χ4v) is 4.06. The Kier molecular flexibility index (Phi) is 5.18. The van der Waals surface area contributed by atoms with Crippen LogP contribution in [0.3, 0.4) is 0 Å². The number of thioether (sulfide) groups is 1. The molecule has 0 aromatic heterocycles. The number of amides is 2. The maximum Gasteiger partial charge on any atom is 0.326 e. The zero-order chi connectivity index (χ0) is 14.7. The van der Waals surface area contributed by atoms with Crippen LogP contribution in [-0.2, 0) is 4.79 Å². The van der Waals surface area contributed by atoms with Crippen LogP contribution in [-0.4, -0.2) is 63.6 Å². The van der Waals surface area contributed by atoms with Gasteiger partial charge in [0.1, 0.15) is 6.04 Å². The minimum Gasteiger partial charge on any atom is -0.480 e. The molecule has 2 rings (SSSR count). The maximum absolute atomic E-state index is 12.7. The van der Waals surface area contributed by atoms with E-state index >= 15 is 0 Å². The third kappa shape index (κ3) is 3.22. The lowest BCUT2D eigenvalue weighted by molar-refractivity contribution is -0.144. The molecule has 2 amide bonds. The molecule has 0 aromatic rings. The molecule has 2 heterocycles. The lowest BCUT2D eigenvalue weighted by Crippen LogP contribution is -2.57. The van der Waals surface area contributed by atoms with Crippen LogP contribution < -0.4 is 0 Å². The van der Waals surface area contributed by atoms with Crippen molar-refractivity contribution in [3.05, 3.63) is 0 Å². The van der Waals surface area contributed by atoms with E-state index in [4.69, 9.17) is 0 Å². The van der Waals surface area contributed by atoms with Crippen molar-refractivity contribution in [2.75, 3.05) is 24.6 Å². The zero-order valence-corrected chi connectivity index (χ0v) is 13.1. The first kappa shape index (κ1) is 15.5. The van der Waals surface area contributed by atoms with Crippen molar-refractivity contribution in [2.45, 2.75) is 45.2 Å². The van der Waals surface area contributed by atoms with Gasteiger partial charge in [0.15, 0.2) is 0 Å². The summed E-state index contributed by atoms with van der Waals surface area (Å²) in [5.41, 5.74) is 0. The van der Waals surface area contributed by atoms with Crippen LogP contribution in [0.15, 0.2) is 0 Å². The van der Waals surface area contributed by atoms with Gasteiger partial charge in [-0.05, 0) is 25.7 Å². The fraction of sp³-hybridized carbons (Fsp3) is 0.857. The van der Waals surface area contributed by atoms with Gasteiger partial charge in [-0.1, -0.05) is 13.3 Å². The van der Waals surface area contributed by atoms with Gasteiger partial charge in [-0.2, -0.15) is 11.8 Å². The van der Waals surface area contributed by atoms with Gasteiger partial charge in [-0.3, -0.25) is 0 Å². The van der Waals surface area contributed by atoms with Gasteiger partial charge in [-0.25, -0.2) is 9.59 Å². The first-order chi connectivity index (χ1) is 9.54. The monoisotopic (exact) mass is 300 g/mol. The Bertz CT molecular complexity index is 377. The molecule has 0 aliphatic carbocycles. The van der Waals surface area contributed by atoms with E-state index in [0.29, 0.717) is 18.9 Å². The first-order valence-electron chi connectivity index (χ1n) is 7.42. The Hall–Kier alpha value is -0.910. The Balaban J connectivity index is 2.08. The Morgan fingerprint density at radius 1 is 1.30 bits per heavy atom. The fourth-order valence-electron chi connectivity index (χ4n) is 3.05. The summed E-state index contributed by atoms with van der Waals surface area (Å²) in [4.78, 5) is 27.6. The highest BCUT2D eigenvalue weighted by molar-refractivity contribution is 7.99. The summed E-state index contributed by atoms with van der Waals surface area (Å²) >= 11 is 1.85. The molecule has 5 nitrogen and oxygen atoms in total. The average molecular weight is 300 g/mol. The van der Waals surface area contributed by atoms with Crippen molar-refractivity contribution in [3.63, 3.8) is 0 Å². The minimum absolute atomic E-state index is 0.0836. The molecule has 0 spiro atoms. The predicted octanol–water partition coefficient (Wildman–Crippen LogP) is 2.12. The van der Waals surface area contributed by atoms with Crippen molar-refractivity contribution in [2.24, 2.45) is 5.92 Å². The van der Waals surface area contributed by atoms with Crippen LogP contribution in [0.5, 0.6) is 0 Å². The van der Waals surface area contributed by atoms with E-state index in [2.05, 4.69) is 6.92 Å². The molecule has 3 unspecified atom stereocenters. The summed E-state index contributed by atoms with van der Waals surface area (Å²) in [6.45, 7) is 5.43. The summed E-state index contributed by atoms with van der Waals surface area (Å²) in [6, 6.07) is -0.540. The van der Waals surface area contributed by atoms with E-state index in [0.717, 1.165) is 30.9 Å². The van der Waals surface area contributed by atoms with Crippen molar-refractivity contribution >= 4 is 23.8 Å². The summed E-state index contributed by atoms with van der Waals surface area (Å²) < 4.78 is 0. The number of piperidine rings is 1. The summed E-state index contributed by atoms with van der Waals surface area (Å²) in [7, 11) is 0. The van der Waals surface area contributed by atoms with Gasteiger partial charge >= 0.3 is 12.0 Å². The van der Waals surface area contributed by atoms with Crippen LogP contribution in [0, 0.1) is 5.92 Å². The highest BCUT2D eigenvalue weighted by Gasteiger charge is 2.38. The van der Waals surface area contributed by atoms with Crippen molar-refractivity contribution in [1.82, 2.24) is 9.80 Å². The predicted molar refractivity (Wildman–Crippen MR) is 80.0 cm³/mol. The minimum atomic E-state index is -0.865. The Morgan fingerprint density at radius 2 is 2.05 bits per heavy atom. The normalized spacial score (nSPS) is 31.2. The molecule has 114 valence electrons. The largest absolute Gasteiger partial charge is 0.480 e. The zero-order valence-electron chi connectivity index (χ0n) is 12.2. The number of urea groups is 1. The van der Waals surface area contributed by atoms with E-state index in [9.17, 15) is 14.7 Å². The van der Waals surface area contributed by atoms with Crippen LogP contribution in [0.2, 0.25) is 0 Å². The summed E-state index contributed by atoms with van der Waals surface area (Å²) in [6.07, 6.45) is 2.50. The van der Waals surface area contributed by atoms with Gasteiger partial charge in [0.25, 0.3) is 0 Å². The number of likely N-dealkylation sites (tertiary alicyclic amines) is 1. The molecular weight excluding hydrogens is 276 g/mol. The van der Waals surface area contributed by atoms with E-state index in [1.165, 1.54) is 0 Å². The highest BCUT2D eigenvalue weighted by atomic mass is 32.2. The lowest BCUT2D eigenvalue weighted by atomic mass is 9.89. The molecule has 0 bridgehead atoms. The van der Waals surface area contributed by atoms with Crippen LogP contribution >= 0.6 is 11.8 Å². The van der Waals surface area contributed by atoms with Gasteiger partial charge in [0, 0.05) is 30.6 Å². The van der Waals surface area contributed by atoms with E-state index in [-0.39, 0.29) is 12.1 Å². The SMILES string of the molecule is CCC1CCN(C(=O)N2CCSCC2C)C(C(=O)O)C1. The number of carboxylic acids is 1. The molecule has 2 fully saturated rings. The van der Waals surface area contributed by atoms with Crippen LogP contribution in [0.25, 0.3) is 0 Å². The van der Waals surface area contributed by atoms with E-state index < -0.39 is 12.0 Å². The molecule has 0 saturated carbocycles. The molecule has 0 aromatic carbocycles. The van der Waals surface area contributed by atoms with Crippen molar-refractivity contribution in [3.8, 4) is 0 Å². The molecule has 1 N–H and O–H groups in total. The molecule has 3 atom stereocenters. The smallest absolute Gasteiger partial charge is 0.326 e.